The van der Waals surface area contributed by atoms with Crippen LogP contribution in [-0.2, 0) is 7.05 Å². The molecule has 1 atom stereocenters. The van der Waals surface area contributed by atoms with Crippen molar-refractivity contribution in [3.63, 3.8) is 0 Å². The van der Waals surface area contributed by atoms with Gasteiger partial charge in [-0.15, -0.1) is 11.3 Å². The number of aromatic nitrogens is 2. The van der Waals surface area contributed by atoms with Gasteiger partial charge in [0.1, 0.15) is 0 Å². The van der Waals surface area contributed by atoms with Crippen molar-refractivity contribution in [3.05, 3.63) is 34.3 Å². The Morgan fingerprint density at radius 2 is 2.21 bits per heavy atom. The second-order valence-corrected chi connectivity index (χ2v) is 6.46. The zero-order valence-corrected chi connectivity index (χ0v) is 12.4. The molecular formula is C15H21N3S. The molecule has 3 rings (SSSR count). The Balaban J connectivity index is 1.85. The lowest BCUT2D eigenvalue weighted by Gasteiger charge is -2.24. The fourth-order valence-corrected chi connectivity index (χ4v) is 3.96. The summed E-state index contributed by atoms with van der Waals surface area (Å²) in [6.07, 6.45) is 7.52. The molecule has 19 heavy (non-hydrogen) atoms. The van der Waals surface area contributed by atoms with E-state index in [0.717, 1.165) is 11.6 Å². The molecule has 1 N–H and O–H groups in total. The molecule has 1 fully saturated rings. The minimum Gasteiger partial charge on any atom is -0.374 e. The summed E-state index contributed by atoms with van der Waals surface area (Å²) in [7, 11) is 1.98. The van der Waals surface area contributed by atoms with Crippen molar-refractivity contribution >= 4 is 17.0 Å². The summed E-state index contributed by atoms with van der Waals surface area (Å²) in [6.45, 7) is 2.07. The topological polar surface area (TPSA) is 29.9 Å². The van der Waals surface area contributed by atoms with E-state index in [4.69, 9.17) is 0 Å². The Kier molecular flexibility index (Phi) is 3.60. The molecule has 1 aliphatic carbocycles. The van der Waals surface area contributed by atoms with Gasteiger partial charge >= 0.3 is 0 Å². The largest absolute Gasteiger partial charge is 0.374 e. The Morgan fingerprint density at radius 3 is 2.79 bits per heavy atom. The highest BCUT2D eigenvalue weighted by Gasteiger charge is 2.27. The first-order valence-corrected chi connectivity index (χ1v) is 7.92. The first-order chi connectivity index (χ1) is 9.24. The van der Waals surface area contributed by atoms with E-state index in [2.05, 4.69) is 41.0 Å². The number of hydrogen-bond acceptors (Lipinski definition) is 3. The molecule has 2 aromatic rings. The van der Waals surface area contributed by atoms with Gasteiger partial charge in [-0.05, 0) is 37.1 Å². The predicted molar refractivity (Wildman–Crippen MR) is 80.6 cm³/mol. The standard InChI is InChI=1S/C15H21N3S/c1-11-13(10-18(2)17-11)16-15(12-6-3-4-7-12)14-8-5-9-19-14/h5,8-10,12,15-16H,3-4,6-7H2,1-2H3. The molecule has 0 radical (unpaired) electrons. The van der Waals surface area contributed by atoms with Crippen LogP contribution in [0.1, 0.15) is 42.3 Å². The number of thiophene rings is 1. The zero-order chi connectivity index (χ0) is 13.2. The Hall–Kier alpha value is -1.29. The molecule has 1 saturated carbocycles. The van der Waals surface area contributed by atoms with Gasteiger partial charge in [0, 0.05) is 18.1 Å². The van der Waals surface area contributed by atoms with Gasteiger partial charge in [0.2, 0.25) is 0 Å². The molecule has 4 heteroatoms. The maximum Gasteiger partial charge on any atom is 0.0825 e. The molecule has 2 heterocycles. The third-order valence-electron chi connectivity index (χ3n) is 4.05. The van der Waals surface area contributed by atoms with Crippen molar-refractivity contribution in [2.45, 2.75) is 38.6 Å². The molecule has 102 valence electrons. The molecule has 2 aromatic heterocycles. The lowest BCUT2D eigenvalue weighted by molar-refractivity contribution is 0.475. The van der Waals surface area contributed by atoms with E-state index in [1.165, 1.54) is 36.2 Å². The molecule has 0 amide bonds. The second-order valence-electron chi connectivity index (χ2n) is 5.48. The van der Waals surface area contributed by atoms with Gasteiger partial charge in [-0.3, -0.25) is 4.68 Å². The highest BCUT2D eigenvalue weighted by molar-refractivity contribution is 7.10. The van der Waals surface area contributed by atoms with Crippen LogP contribution in [0.25, 0.3) is 0 Å². The Bertz CT molecular complexity index is 524. The van der Waals surface area contributed by atoms with E-state index in [0.29, 0.717) is 6.04 Å². The maximum absolute atomic E-state index is 4.43. The summed E-state index contributed by atoms with van der Waals surface area (Å²) >= 11 is 1.86. The first-order valence-electron chi connectivity index (χ1n) is 7.04. The van der Waals surface area contributed by atoms with Crippen molar-refractivity contribution < 1.29 is 0 Å². The predicted octanol–water partition coefficient (Wildman–Crippen LogP) is 4.13. The smallest absolute Gasteiger partial charge is 0.0825 e. The molecule has 1 unspecified atom stereocenters. The van der Waals surface area contributed by atoms with Gasteiger partial charge in [0.05, 0.1) is 17.4 Å². The summed E-state index contributed by atoms with van der Waals surface area (Å²) in [6, 6.07) is 4.86. The van der Waals surface area contributed by atoms with Crippen molar-refractivity contribution in [1.29, 1.82) is 0 Å². The van der Waals surface area contributed by atoms with E-state index in [1.807, 2.05) is 23.1 Å². The monoisotopic (exact) mass is 275 g/mol. The molecular weight excluding hydrogens is 254 g/mol. The lowest BCUT2D eigenvalue weighted by Crippen LogP contribution is -2.18. The molecule has 0 aromatic carbocycles. The van der Waals surface area contributed by atoms with Crippen LogP contribution in [-0.4, -0.2) is 9.78 Å². The van der Waals surface area contributed by atoms with E-state index in [1.54, 1.807) is 0 Å². The van der Waals surface area contributed by atoms with Gasteiger partial charge in [-0.2, -0.15) is 5.10 Å². The number of nitrogens with one attached hydrogen (secondary N) is 1. The normalized spacial score (nSPS) is 17.8. The van der Waals surface area contributed by atoms with Crippen LogP contribution in [0.2, 0.25) is 0 Å². The Morgan fingerprint density at radius 1 is 1.42 bits per heavy atom. The Labute approximate surface area is 118 Å². The van der Waals surface area contributed by atoms with Crippen LogP contribution >= 0.6 is 11.3 Å². The quantitative estimate of drug-likeness (QED) is 0.909. The van der Waals surface area contributed by atoms with Gasteiger partial charge in [0.15, 0.2) is 0 Å². The molecule has 0 bridgehead atoms. The van der Waals surface area contributed by atoms with Crippen LogP contribution in [0.5, 0.6) is 0 Å². The molecule has 0 saturated heterocycles. The molecule has 1 aliphatic rings. The summed E-state index contributed by atoms with van der Waals surface area (Å²) < 4.78 is 1.89. The highest BCUT2D eigenvalue weighted by atomic mass is 32.1. The van der Waals surface area contributed by atoms with Gasteiger partial charge in [-0.1, -0.05) is 18.9 Å². The molecule has 3 nitrogen and oxygen atoms in total. The van der Waals surface area contributed by atoms with E-state index in [9.17, 15) is 0 Å². The summed E-state index contributed by atoms with van der Waals surface area (Å²) in [5.41, 5.74) is 2.26. The average Bonchev–Trinajstić information content (AvgIpc) is 3.08. The fraction of sp³-hybridized carbons (Fsp3) is 0.533. The zero-order valence-electron chi connectivity index (χ0n) is 11.6. The van der Waals surface area contributed by atoms with Crippen molar-refractivity contribution in [3.8, 4) is 0 Å². The number of aryl methyl sites for hydroxylation is 2. The van der Waals surface area contributed by atoms with Crippen molar-refractivity contribution in [2.75, 3.05) is 5.32 Å². The molecule has 0 aliphatic heterocycles. The number of anilines is 1. The van der Waals surface area contributed by atoms with Crippen LogP contribution in [0.15, 0.2) is 23.7 Å². The van der Waals surface area contributed by atoms with Crippen LogP contribution in [0, 0.1) is 12.8 Å². The van der Waals surface area contributed by atoms with Gasteiger partial charge in [0.25, 0.3) is 0 Å². The van der Waals surface area contributed by atoms with Gasteiger partial charge < -0.3 is 5.32 Å². The van der Waals surface area contributed by atoms with Crippen molar-refractivity contribution in [2.24, 2.45) is 13.0 Å². The number of nitrogens with zero attached hydrogens (tertiary/aromatic N) is 2. The summed E-state index contributed by atoms with van der Waals surface area (Å²) in [5.74, 6) is 0.762. The third-order valence-corrected chi connectivity index (χ3v) is 5.00. The highest BCUT2D eigenvalue weighted by Crippen LogP contribution is 2.39. The lowest BCUT2D eigenvalue weighted by atomic mass is 9.96. The SMILES string of the molecule is Cc1nn(C)cc1NC(c1cccs1)C1CCCC1. The van der Waals surface area contributed by atoms with Crippen molar-refractivity contribution in [1.82, 2.24) is 9.78 Å². The van der Waals surface area contributed by atoms with Crippen LogP contribution in [0.4, 0.5) is 5.69 Å². The average molecular weight is 275 g/mol. The minimum atomic E-state index is 0.449. The maximum atomic E-state index is 4.43. The second kappa shape index (κ2) is 5.37. The number of hydrogen-bond donors (Lipinski definition) is 1. The number of rotatable bonds is 4. The molecule has 0 spiro atoms. The minimum absolute atomic E-state index is 0.449. The van der Waals surface area contributed by atoms with Crippen LogP contribution < -0.4 is 5.32 Å². The third kappa shape index (κ3) is 2.68. The van der Waals surface area contributed by atoms with Gasteiger partial charge in [-0.25, -0.2) is 0 Å². The van der Waals surface area contributed by atoms with E-state index >= 15 is 0 Å². The summed E-state index contributed by atoms with van der Waals surface area (Å²) in [4.78, 5) is 1.45. The van der Waals surface area contributed by atoms with Crippen LogP contribution in [0.3, 0.4) is 0 Å². The fourth-order valence-electron chi connectivity index (χ4n) is 3.09. The van der Waals surface area contributed by atoms with E-state index in [-0.39, 0.29) is 0 Å². The first kappa shape index (κ1) is 12.7. The van der Waals surface area contributed by atoms with E-state index < -0.39 is 0 Å². The summed E-state index contributed by atoms with van der Waals surface area (Å²) in [5, 5.41) is 10.3.